The van der Waals surface area contributed by atoms with E-state index in [0.717, 1.165) is 12.3 Å². The van der Waals surface area contributed by atoms with Crippen LogP contribution in [-0.4, -0.2) is 5.78 Å². The molecule has 0 aromatic heterocycles. The molecule has 0 spiro atoms. The Morgan fingerprint density at radius 2 is 1.73 bits per heavy atom. The molecule has 0 amide bonds. The molecule has 0 rings (SSSR count). The van der Waals surface area contributed by atoms with E-state index < -0.39 is 0 Å². The molecular formula is C14H28O. The third kappa shape index (κ3) is 16.1. The molecule has 0 N–H and O–H groups in total. The molecular weight excluding hydrogens is 184 g/mol. The molecule has 1 nitrogen and oxygen atoms in total. The number of ketones is 1. The lowest BCUT2D eigenvalue weighted by atomic mass is 10.1. The molecule has 0 bridgehead atoms. The summed E-state index contributed by atoms with van der Waals surface area (Å²) in [7, 11) is 0. The Bertz CT molecular complexity index is 168. The second-order valence-electron chi connectivity index (χ2n) is 4.49. The van der Waals surface area contributed by atoms with E-state index in [4.69, 9.17) is 0 Å². The highest BCUT2D eigenvalue weighted by molar-refractivity contribution is 5.93. The lowest BCUT2D eigenvalue weighted by Gasteiger charge is -1.98. The van der Waals surface area contributed by atoms with Crippen LogP contribution in [0.2, 0.25) is 0 Å². The van der Waals surface area contributed by atoms with Gasteiger partial charge < -0.3 is 0 Å². The summed E-state index contributed by atoms with van der Waals surface area (Å²) >= 11 is 0. The molecule has 1 heteroatoms. The third-order valence-electron chi connectivity index (χ3n) is 2.09. The van der Waals surface area contributed by atoms with Gasteiger partial charge in [0.1, 0.15) is 0 Å². The minimum atomic E-state index is 0.188. The van der Waals surface area contributed by atoms with Crippen molar-refractivity contribution in [3.05, 3.63) is 12.2 Å². The van der Waals surface area contributed by atoms with E-state index in [1.54, 1.807) is 6.92 Å². The van der Waals surface area contributed by atoms with Crippen molar-refractivity contribution in [2.45, 2.75) is 66.7 Å². The molecule has 0 aliphatic carbocycles. The molecule has 0 aliphatic heterocycles. The summed E-state index contributed by atoms with van der Waals surface area (Å²) in [5.41, 5.74) is 0.673. The van der Waals surface area contributed by atoms with Gasteiger partial charge >= 0.3 is 0 Å². The zero-order valence-electron chi connectivity index (χ0n) is 11.2. The van der Waals surface area contributed by atoms with Gasteiger partial charge in [0.2, 0.25) is 0 Å². The lowest BCUT2D eigenvalue weighted by molar-refractivity contribution is -0.115. The number of carbonyl (C=O) groups excluding carboxylic acids is 1. The van der Waals surface area contributed by atoms with Gasteiger partial charge in [0.05, 0.1) is 0 Å². The molecule has 0 fully saturated rings. The molecule has 0 atom stereocenters. The molecule has 0 unspecified atom stereocenters. The molecule has 0 aromatic carbocycles. The Hall–Kier alpha value is -0.590. The van der Waals surface area contributed by atoms with E-state index >= 15 is 0 Å². The largest absolute Gasteiger partial charge is 0.295 e. The highest BCUT2D eigenvalue weighted by Gasteiger charge is 1.97. The predicted octanol–water partition coefficient (Wildman–Crippen LogP) is 4.76. The van der Waals surface area contributed by atoms with E-state index in [-0.39, 0.29) is 5.78 Å². The van der Waals surface area contributed by atoms with Gasteiger partial charge in [0, 0.05) is 6.42 Å². The van der Waals surface area contributed by atoms with Crippen LogP contribution in [0.3, 0.4) is 0 Å². The molecule has 90 valence electrons. The number of rotatable bonds is 6. The maximum Gasteiger partial charge on any atom is 0.157 e. The van der Waals surface area contributed by atoms with Gasteiger partial charge in [0.15, 0.2) is 5.78 Å². The van der Waals surface area contributed by atoms with Gasteiger partial charge in [-0.3, -0.25) is 4.79 Å². The topological polar surface area (TPSA) is 17.1 Å². The smallest absolute Gasteiger partial charge is 0.157 e. The van der Waals surface area contributed by atoms with Crippen molar-refractivity contribution in [2.75, 3.05) is 0 Å². The Kier molecular flexibility index (Phi) is 12.9. The van der Waals surface area contributed by atoms with Crippen LogP contribution < -0.4 is 0 Å². The first-order valence-electron chi connectivity index (χ1n) is 6.14. The van der Waals surface area contributed by atoms with E-state index in [0.29, 0.717) is 12.0 Å². The van der Waals surface area contributed by atoms with Crippen LogP contribution >= 0.6 is 0 Å². The normalized spacial score (nSPS) is 9.47. The summed E-state index contributed by atoms with van der Waals surface area (Å²) in [6.45, 7) is 14.0. The van der Waals surface area contributed by atoms with Gasteiger partial charge in [-0.2, -0.15) is 0 Å². The molecule has 0 heterocycles. The quantitative estimate of drug-likeness (QED) is 0.580. The Labute approximate surface area is 96.0 Å². The van der Waals surface area contributed by atoms with E-state index in [2.05, 4.69) is 27.4 Å². The first-order chi connectivity index (χ1) is 6.95. The summed E-state index contributed by atoms with van der Waals surface area (Å²) in [6.07, 6.45) is 5.72. The standard InChI is InChI=1S/C7H12O.C7H16/c1-4-5-7(8)6(2)3;1-4-5-6-7(2)3/h2,4-5H2,1,3H3;7H,4-6H2,1-3H3. The minimum absolute atomic E-state index is 0.188. The first-order valence-corrected chi connectivity index (χ1v) is 6.14. The van der Waals surface area contributed by atoms with Crippen LogP contribution in [0.1, 0.15) is 66.7 Å². The molecule has 0 aliphatic rings. The molecule has 0 aromatic rings. The zero-order valence-corrected chi connectivity index (χ0v) is 11.2. The van der Waals surface area contributed by atoms with Crippen LogP contribution in [0.5, 0.6) is 0 Å². The number of Topliss-reactive ketones (excluding diaryl/α,β-unsaturated/α-hetero) is 1. The van der Waals surface area contributed by atoms with E-state index in [1.165, 1.54) is 19.3 Å². The van der Waals surface area contributed by atoms with Crippen molar-refractivity contribution < 1.29 is 4.79 Å². The van der Waals surface area contributed by atoms with Crippen LogP contribution in [0.4, 0.5) is 0 Å². The van der Waals surface area contributed by atoms with Gasteiger partial charge in [-0.25, -0.2) is 0 Å². The van der Waals surface area contributed by atoms with Crippen molar-refractivity contribution in [1.82, 2.24) is 0 Å². The van der Waals surface area contributed by atoms with E-state index in [9.17, 15) is 4.79 Å². The second-order valence-corrected chi connectivity index (χ2v) is 4.49. The fourth-order valence-electron chi connectivity index (χ4n) is 1.05. The summed E-state index contributed by atoms with van der Waals surface area (Å²) in [5, 5.41) is 0. The fourth-order valence-corrected chi connectivity index (χ4v) is 1.05. The number of unbranched alkanes of at least 4 members (excludes halogenated alkanes) is 1. The van der Waals surface area contributed by atoms with Crippen LogP contribution in [0.25, 0.3) is 0 Å². The van der Waals surface area contributed by atoms with Crippen molar-refractivity contribution in [2.24, 2.45) is 5.92 Å². The van der Waals surface area contributed by atoms with Gasteiger partial charge in [-0.1, -0.05) is 53.5 Å². The predicted molar refractivity (Wildman–Crippen MR) is 69.1 cm³/mol. The Balaban J connectivity index is 0. The van der Waals surface area contributed by atoms with Crippen molar-refractivity contribution in [3.63, 3.8) is 0 Å². The zero-order chi connectivity index (χ0) is 12.3. The number of carbonyl (C=O) groups is 1. The number of hydrogen-bond donors (Lipinski definition) is 0. The van der Waals surface area contributed by atoms with Gasteiger partial charge in [-0.05, 0) is 24.8 Å². The number of allylic oxidation sites excluding steroid dienone is 1. The minimum Gasteiger partial charge on any atom is -0.295 e. The van der Waals surface area contributed by atoms with Crippen LogP contribution in [-0.2, 0) is 4.79 Å². The fraction of sp³-hybridized carbons (Fsp3) is 0.786. The third-order valence-corrected chi connectivity index (χ3v) is 2.09. The maximum atomic E-state index is 10.6. The van der Waals surface area contributed by atoms with Gasteiger partial charge in [0.25, 0.3) is 0 Å². The Morgan fingerprint density at radius 3 is 1.87 bits per heavy atom. The Morgan fingerprint density at radius 1 is 1.20 bits per heavy atom. The highest BCUT2D eigenvalue weighted by Crippen LogP contribution is 2.04. The summed E-state index contributed by atoms with van der Waals surface area (Å²) in [6, 6.07) is 0. The van der Waals surface area contributed by atoms with Crippen LogP contribution in [0, 0.1) is 5.92 Å². The summed E-state index contributed by atoms with van der Waals surface area (Å²) < 4.78 is 0. The highest BCUT2D eigenvalue weighted by atomic mass is 16.1. The van der Waals surface area contributed by atoms with Gasteiger partial charge in [-0.15, -0.1) is 0 Å². The number of hydrogen-bond acceptors (Lipinski definition) is 1. The van der Waals surface area contributed by atoms with Crippen molar-refractivity contribution in [3.8, 4) is 0 Å². The summed E-state index contributed by atoms with van der Waals surface area (Å²) in [4.78, 5) is 10.6. The van der Waals surface area contributed by atoms with Crippen LogP contribution in [0.15, 0.2) is 12.2 Å². The molecule has 15 heavy (non-hydrogen) atoms. The average molecular weight is 212 g/mol. The summed E-state index contributed by atoms with van der Waals surface area (Å²) in [5.74, 6) is 1.09. The maximum absolute atomic E-state index is 10.6. The first kappa shape index (κ1) is 16.8. The molecule has 0 saturated heterocycles. The SMILES string of the molecule is C=C(C)C(=O)CCC.CCCCC(C)C. The second kappa shape index (κ2) is 11.5. The van der Waals surface area contributed by atoms with Crippen molar-refractivity contribution >= 4 is 5.78 Å². The average Bonchev–Trinajstić information content (AvgIpc) is 2.16. The molecule has 0 radical (unpaired) electrons. The monoisotopic (exact) mass is 212 g/mol. The molecule has 0 saturated carbocycles. The van der Waals surface area contributed by atoms with E-state index in [1.807, 2.05) is 6.92 Å². The lowest BCUT2D eigenvalue weighted by Crippen LogP contribution is -1.95. The van der Waals surface area contributed by atoms with Crippen molar-refractivity contribution in [1.29, 1.82) is 0 Å².